The van der Waals surface area contributed by atoms with Crippen LogP contribution in [0.15, 0.2) is 20.6 Å². The summed E-state index contributed by atoms with van der Waals surface area (Å²) in [5.41, 5.74) is 0. The normalized spacial score (nSPS) is 11.3. The molecule has 1 heterocycles. The molecule has 0 spiro atoms. The van der Waals surface area contributed by atoms with Crippen molar-refractivity contribution in [1.29, 1.82) is 0 Å². The molecule has 0 radical (unpaired) electrons. The van der Waals surface area contributed by atoms with Gasteiger partial charge in [0.05, 0.1) is 0 Å². The van der Waals surface area contributed by atoms with E-state index in [2.05, 4.69) is 0 Å². The molecule has 0 aromatic carbocycles. The Hall–Kier alpha value is 1.52. The molecule has 0 N–H and O–H groups in total. The standard InChI is InChI=1S/C4H4O6S3.2Na/c5-12(6,7)3-1-2-4(11-3)13(8,9)10;;/h1-2H,(H,5,6,7)(H,8,9,10);;/q;2*+1/p-2. The molecule has 0 atom stereocenters. The van der Waals surface area contributed by atoms with Crippen molar-refractivity contribution in [3.63, 3.8) is 0 Å². The van der Waals surface area contributed by atoms with E-state index in [1.54, 1.807) is 0 Å². The van der Waals surface area contributed by atoms with E-state index >= 15 is 0 Å². The smallest absolute Gasteiger partial charge is 0.743 e. The fraction of sp³-hybridized carbons (Fsp3) is 0. The fourth-order valence-electron chi connectivity index (χ4n) is 0.572. The van der Waals surface area contributed by atoms with Gasteiger partial charge in [0.15, 0.2) is 0 Å². The Kier molecular flexibility index (Phi) is 8.12. The largest absolute Gasteiger partial charge is 1.00 e. The van der Waals surface area contributed by atoms with Crippen molar-refractivity contribution in [3.8, 4) is 0 Å². The van der Waals surface area contributed by atoms with Gasteiger partial charge in [-0.2, -0.15) is 0 Å². The average Bonchev–Trinajstić information content (AvgIpc) is 2.28. The van der Waals surface area contributed by atoms with Crippen LogP contribution in [0.1, 0.15) is 0 Å². The van der Waals surface area contributed by atoms with E-state index < -0.39 is 28.7 Å². The molecule has 0 amide bonds. The second-order valence-corrected chi connectivity index (χ2v) is 6.28. The van der Waals surface area contributed by atoms with Crippen LogP contribution in [-0.2, 0) is 20.2 Å². The van der Waals surface area contributed by atoms with Crippen molar-refractivity contribution in [2.45, 2.75) is 8.42 Å². The first-order valence-corrected chi connectivity index (χ1v) is 6.36. The number of hydrogen-bond acceptors (Lipinski definition) is 7. The van der Waals surface area contributed by atoms with Gasteiger partial charge >= 0.3 is 59.1 Å². The van der Waals surface area contributed by atoms with Gasteiger partial charge in [0.1, 0.15) is 28.7 Å². The zero-order valence-corrected chi connectivity index (χ0v) is 14.3. The first kappa shape index (κ1) is 18.9. The first-order valence-electron chi connectivity index (χ1n) is 2.73. The van der Waals surface area contributed by atoms with Gasteiger partial charge in [-0.1, -0.05) is 0 Å². The van der Waals surface area contributed by atoms with E-state index in [4.69, 9.17) is 0 Å². The molecule has 0 bridgehead atoms. The average molecular weight is 288 g/mol. The van der Waals surface area contributed by atoms with Crippen molar-refractivity contribution in [2.24, 2.45) is 0 Å². The third kappa shape index (κ3) is 5.59. The minimum Gasteiger partial charge on any atom is -0.743 e. The van der Waals surface area contributed by atoms with Gasteiger partial charge in [-0.15, -0.1) is 11.3 Å². The number of thiophene rings is 1. The molecule has 11 heteroatoms. The van der Waals surface area contributed by atoms with Gasteiger partial charge < -0.3 is 9.11 Å². The molecular formula is C4H2Na2O6S3. The molecule has 0 aliphatic rings. The zero-order valence-electron chi connectivity index (χ0n) is 7.83. The van der Waals surface area contributed by atoms with Crippen molar-refractivity contribution >= 4 is 31.6 Å². The van der Waals surface area contributed by atoms with Crippen LogP contribution in [-0.4, -0.2) is 25.9 Å². The Morgan fingerprint density at radius 1 is 0.867 bits per heavy atom. The Balaban J connectivity index is 0. The SMILES string of the molecule is O=S(=O)([O-])c1ccc(S(=O)(=O)[O-])s1.[Na+].[Na+]. The molecule has 1 rings (SSSR count). The summed E-state index contributed by atoms with van der Waals surface area (Å²) in [6, 6.07) is 1.58. The summed E-state index contributed by atoms with van der Waals surface area (Å²) in [6.07, 6.45) is 0. The van der Waals surface area contributed by atoms with Crippen LogP contribution in [0.3, 0.4) is 0 Å². The summed E-state index contributed by atoms with van der Waals surface area (Å²) in [5, 5.41) is 0. The predicted molar refractivity (Wildman–Crippen MR) is 40.2 cm³/mol. The second-order valence-electron chi connectivity index (χ2n) is 1.98. The van der Waals surface area contributed by atoms with Gasteiger partial charge in [0.25, 0.3) is 0 Å². The van der Waals surface area contributed by atoms with Crippen molar-refractivity contribution < 1.29 is 85.1 Å². The van der Waals surface area contributed by atoms with E-state index in [0.717, 1.165) is 12.1 Å². The Bertz CT molecular complexity index is 468. The number of rotatable bonds is 2. The second kappa shape index (κ2) is 6.45. The maximum atomic E-state index is 10.3. The third-order valence-corrected chi connectivity index (χ3v) is 4.71. The maximum Gasteiger partial charge on any atom is 1.00 e. The van der Waals surface area contributed by atoms with Gasteiger partial charge in [-0.3, -0.25) is 0 Å². The first-order chi connectivity index (χ1) is 5.71. The van der Waals surface area contributed by atoms with E-state index in [1.165, 1.54) is 0 Å². The van der Waals surface area contributed by atoms with E-state index in [0.29, 0.717) is 0 Å². The predicted octanol–water partition coefficient (Wildman–Crippen LogP) is -6.44. The molecule has 0 unspecified atom stereocenters. The molecule has 0 fully saturated rings. The van der Waals surface area contributed by atoms with Crippen molar-refractivity contribution in [1.82, 2.24) is 0 Å². The molecule has 15 heavy (non-hydrogen) atoms. The number of hydrogen-bond donors (Lipinski definition) is 0. The quantitative estimate of drug-likeness (QED) is 0.395. The minimum atomic E-state index is -4.68. The van der Waals surface area contributed by atoms with Gasteiger partial charge in [-0.25, -0.2) is 16.8 Å². The monoisotopic (exact) mass is 288 g/mol. The molecule has 6 nitrogen and oxygen atoms in total. The zero-order chi connectivity index (χ0) is 10.3. The van der Waals surface area contributed by atoms with Crippen LogP contribution in [0, 0.1) is 0 Å². The van der Waals surface area contributed by atoms with Gasteiger partial charge in [0, 0.05) is 0 Å². The maximum absolute atomic E-state index is 10.3. The Morgan fingerprint density at radius 3 is 1.27 bits per heavy atom. The van der Waals surface area contributed by atoms with Crippen LogP contribution >= 0.6 is 11.3 Å². The molecule has 74 valence electrons. The van der Waals surface area contributed by atoms with Gasteiger partial charge in [0.2, 0.25) is 0 Å². The Labute approximate surface area is 135 Å². The van der Waals surface area contributed by atoms with Crippen molar-refractivity contribution in [3.05, 3.63) is 12.1 Å². The molecular weight excluding hydrogens is 286 g/mol. The van der Waals surface area contributed by atoms with Crippen molar-refractivity contribution in [2.75, 3.05) is 0 Å². The molecule has 0 saturated carbocycles. The van der Waals surface area contributed by atoms with E-state index in [-0.39, 0.29) is 70.5 Å². The fourth-order valence-corrected chi connectivity index (χ4v) is 3.03. The molecule has 0 saturated heterocycles. The molecule has 0 aliphatic carbocycles. The van der Waals surface area contributed by atoms with Gasteiger partial charge in [-0.05, 0) is 12.1 Å². The summed E-state index contributed by atoms with van der Waals surface area (Å²) in [5.74, 6) is 0. The Morgan fingerprint density at radius 2 is 1.13 bits per heavy atom. The topological polar surface area (TPSA) is 114 Å². The molecule has 1 aromatic heterocycles. The summed E-state index contributed by atoms with van der Waals surface area (Å²) in [4.78, 5) is 0. The summed E-state index contributed by atoms with van der Waals surface area (Å²) >= 11 is 0.146. The van der Waals surface area contributed by atoms with Crippen LogP contribution < -0.4 is 59.1 Å². The summed E-state index contributed by atoms with van der Waals surface area (Å²) in [7, 11) is -9.35. The summed E-state index contributed by atoms with van der Waals surface area (Å²) in [6.45, 7) is 0. The van der Waals surface area contributed by atoms with E-state index in [1.807, 2.05) is 0 Å². The summed E-state index contributed by atoms with van der Waals surface area (Å²) < 4.78 is 60.6. The van der Waals surface area contributed by atoms with Crippen LogP contribution in [0.2, 0.25) is 0 Å². The van der Waals surface area contributed by atoms with Crippen LogP contribution in [0.5, 0.6) is 0 Å². The minimum absolute atomic E-state index is 0. The van der Waals surface area contributed by atoms with Crippen LogP contribution in [0.4, 0.5) is 0 Å². The van der Waals surface area contributed by atoms with E-state index in [9.17, 15) is 25.9 Å². The molecule has 1 aromatic rings. The van der Waals surface area contributed by atoms with Crippen LogP contribution in [0.25, 0.3) is 0 Å². The molecule has 0 aliphatic heterocycles. The third-order valence-electron chi connectivity index (χ3n) is 1.05.